The molecule has 0 unspecified atom stereocenters. The van der Waals surface area contributed by atoms with Crippen molar-refractivity contribution in [1.29, 1.82) is 0 Å². The normalized spacial score (nSPS) is 19.2. The average molecular weight is 354 g/mol. The molecule has 0 fully saturated rings. The fourth-order valence-electron chi connectivity index (χ4n) is 3.53. The summed E-state index contributed by atoms with van der Waals surface area (Å²) in [4.78, 5) is 37.0. The van der Waals surface area contributed by atoms with Gasteiger partial charge in [0.2, 0.25) is 0 Å². The van der Waals surface area contributed by atoms with Gasteiger partial charge in [0, 0.05) is 36.0 Å². The van der Waals surface area contributed by atoms with Crippen LogP contribution in [0.25, 0.3) is 0 Å². The summed E-state index contributed by atoms with van der Waals surface area (Å²) < 4.78 is 0. The molecular formula is C18H18N4O2S. The SMILES string of the molecule is CCSc1nc2c(c(=O)[nH]1)[C@H](c1ccncc1)C1=C(CCCC1=O)N2. The summed E-state index contributed by atoms with van der Waals surface area (Å²) in [5.41, 5.74) is 2.81. The molecule has 128 valence electrons. The molecule has 2 aromatic heterocycles. The molecule has 0 radical (unpaired) electrons. The van der Waals surface area contributed by atoms with Gasteiger partial charge < -0.3 is 10.3 Å². The number of carbonyl (C=O) groups excluding carboxylic acids is 1. The third-order valence-electron chi connectivity index (χ3n) is 4.56. The maximum atomic E-state index is 12.8. The molecule has 0 amide bonds. The summed E-state index contributed by atoms with van der Waals surface area (Å²) in [6, 6.07) is 3.72. The van der Waals surface area contributed by atoms with Gasteiger partial charge in [0.25, 0.3) is 5.56 Å². The lowest BCUT2D eigenvalue weighted by atomic mass is 9.77. The van der Waals surface area contributed by atoms with E-state index >= 15 is 0 Å². The molecule has 0 spiro atoms. The van der Waals surface area contributed by atoms with Crippen LogP contribution in [0.4, 0.5) is 5.82 Å². The topological polar surface area (TPSA) is 87.7 Å². The molecule has 0 saturated carbocycles. The second-order valence-corrected chi connectivity index (χ2v) is 7.33. The number of ketones is 1. The number of Topliss-reactive ketones (excluding diaryl/α,β-unsaturated/α-hetero) is 1. The van der Waals surface area contributed by atoms with Crippen molar-refractivity contribution in [2.45, 2.75) is 37.3 Å². The highest BCUT2D eigenvalue weighted by Crippen LogP contribution is 2.43. The third-order valence-corrected chi connectivity index (χ3v) is 5.31. The number of thioether (sulfide) groups is 1. The predicted octanol–water partition coefficient (Wildman–Crippen LogP) is 2.84. The Bertz CT molecular complexity index is 920. The highest BCUT2D eigenvalue weighted by atomic mass is 32.2. The molecule has 7 heteroatoms. The minimum Gasteiger partial charge on any atom is -0.343 e. The molecule has 0 bridgehead atoms. The number of H-pyrrole nitrogens is 1. The molecule has 25 heavy (non-hydrogen) atoms. The average Bonchev–Trinajstić information content (AvgIpc) is 2.61. The van der Waals surface area contributed by atoms with Crippen LogP contribution in [0.1, 0.15) is 43.2 Å². The van der Waals surface area contributed by atoms with Crippen molar-refractivity contribution in [3.8, 4) is 0 Å². The van der Waals surface area contributed by atoms with Crippen LogP contribution >= 0.6 is 11.8 Å². The Morgan fingerprint density at radius 3 is 2.80 bits per heavy atom. The highest BCUT2D eigenvalue weighted by molar-refractivity contribution is 7.99. The van der Waals surface area contributed by atoms with E-state index in [2.05, 4.69) is 20.3 Å². The van der Waals surface area contributed by atoms with E-state index in [1.807, 2.05) is 19.1 Å². The molecule has 2 N–H and O–H groups in total. The Labute approximate surface area is 149 Å². The number of anilines is 1. The van der Waals surface area contributed by atoms with Crippen molar-refractivity contribution in [1.82, 2.24) is 15.0 Å². The van der Waals surface area contributed by atoms with Crippen molar-refractivity contribution in [2.75, 3.05) is 11.1 Å². The van der Waals surface area contributed by atoms with Gasteiger partial charge in [-0.3, -0.25) is 14.6 Å². The van der Waals surface area contributed by atoms with Crippen molar-refractivity contribution < 1.29 is 4.79 Å². The van der Waals surface area contributed by atoms with Crippen LogP contribution in [0.15, 0.2) is 45.7 Å². The minimum atomic E-state index is -0.390. The van der Waals surface area contributed by atoms with Crippen LogP contribution in [0.5, 0.6) is 0 Å². The predicted molar refractivity (Wildman–Crippen MR) is 96.8 cm³/mol. The van der Waals surface area contributed by atoms with Gasteiger partial charge in [0.15, 0.2) is 10.9 Å². The number of carbonyl (C=O) groups is 1. The van der Waals surface area contributed by atoms with Crippen molar-refractivity contribution in [3.63, 3.8) is 0 Å². The zero-order valence-corrected chi connectivity index (χ0v) is 14.7. The standard InChI is InChI=1S/C18H18N4O2S/c1-2-25-18-21-16-15(17(24)22-18)13(10-6-8-19-9-7-10)14-11(20-16)4-3-5-12(14)23/h6-9,13H,2-5H2,1H3,(H2,20,21,22,24)/t13-/m1/s1. The lowest BCUT2D eigenvalue weighted by Crippen LogP contribution is -2.32. The summed E-state index contributed by atoms with van der Waals surface area (Å²) >= 11 is 1.49. The van der Waals surface area contributed by atoms with Gasteiger partial charge in [-0.2, -0.15) is 0 Å². The first-order chi connectivity index (χ1) is 12.2. The second kappa shape index (κ2) is 6.48. The Kier molecular flexibility index (Phi) is 4.17. The first kappa shape index (κ1) is 16.1. The Hall–Kier alpha value is -2.41. The molecule has 0 saturated heterocycles. The summed E-state index contributed by atoms with van der Waals surface area (Å²) in [5.74, 6) is 1.10. The quantitative estimate of drug-likeness (QED) is 0.651. The van der Waals surface area contributed by atoms with Gasteiger partial charge in [-0.25, -0.2) is 4.98 Å². The number of allylic oxidation sites excluding steroid dienone is 2. The molecule has 1 aliphatic carbocycles. The number of fused-ring (bicyclic) bond motifs is 1. The molecule has 3 heterocycles. The van der Waals surface area contributed by atoms with Gasteiger partial charge in [-0.15, -0.1) is 0 Å². The maximum Gasteiger partial charge on any atom is 0.257 e. The Morgan fingerprint density at radius 2 is 2.04 bits per heavy atom. The van der Waals surface area contributed by atoms with Crippen molar-refractivity contribution in [3.05, 3.63) is 57.3 Å². The number of pyridine rings is 1. The van der Waals surface area contributed by atoms with Crippen LogP contribution in [0.2, 0.25) is 0 Å². The second-order valence-electron chi connectivity index (χ2n) is 6.07. The molecule has 2 aliphatic rings. The zero-order valence-electron chi connectivity index (χ0n) is 13.8. The number of aromatic nitrogens is 3. The smallest absolute Gasteiger partial charge is 0.257 e. The Balaban J connectivity index is 1.95. The lowest BCUT2D eigenvalue weighted by Gasteiger charge is -2.32. The van der Waals surface area contributed by atoms with Crippen molar-refractivity contribution in [2.24, 2.45) is 0 Å². The number of nitrogens with one attached hydrogen (secondary N) is 2. The molecule has 0 aromatic carbocycles. The monoisotopic (exact) mass is 354 g/mol. The van der Waals surface area contributed by atoms with E-state index in [4.69, 9.17) is 0 Å². The van der Waals surface area contributed by atoms with Gasteiger partial charge in [-0.05, 0) is 36.3 Å². The van der Waals surface area contributed by atoms with Gasteiger partial charge >= 0.3 is 0 Å². The number of rotatable bonds is 3. The van der Waals surface area contributed by atoms with E-state index in [9.17, 15) is 9.59 Å². The largest absolute Gasteiger partial charge is 0.343 e. The van der Waals surface area contributed by atoms with Crippen LogP contribution in [-0.2, 0) is 4.79 Å². The third kappa shape index (κ3) is 2.78. The Morgan fingerprint density at radius 1 is 1.24 bits per heavy atom. The maximum absolute atomic E-state index is 12.8. The number of nitrogens with zero attached hydrogens (tertiary/aromatic N) is 2. The highest BCUT2D eigenvalue weighted by Gasteiger charge is 2.37. The first-order valence-electron chi connectivity index (χ1n) is 8.39. The molecule has 1 atom stereocenters. The lowest BCUT2D eigenvalue weighted by molar-refractivity contribution is -0.116. The van der Waals surface area contributed by atoms with Crippen molar-refractivity contribution >= 4 is 23.4 Å². The van der Waals surface area contributed by atoms with E-state index in [-0.39, 0.29) is 17.3 Å². The van der Waals surface area contributed by atoms with Crippen LogP contribution in [0.3, 0.4) is 0 Å². The molecule has 4 rings (SSSR count). The molecular weight excluding hydrogens is 336 g/mol. The van der Waals surface area contributed by atoms with E-state index in [0.717, 1.165) is 29.9 Å². The van der Waals surface area contributed by atoms with Gasteiger partial charge in [0.05, 0.1) is 5.56 Å². The zero-order chi connectivity index (χ0) is 17.4. The minimum absolute atomic E-state index is 0.104. The fourth-order valence-corrected chi connectivity index (χ4v) is 4.13. The number of hydrogen-bond acceptors (Lipinski definition) is 6. The summed E-state index contributed by atoms with van der Waals surface area (Å²) in [6.45, 7) is 2.01. The molecule has 2 aromatic rings. The molecule has 1 aliphatic heterocycles. The van der Waals surface area contributed by atoms with Gasteiger partial charge in [-0.1, -0.05) is 18.7 Å². The van der Waals surface area contributed by atoms with Crippen LogP contribution in [0, 0.1) is 0 Å². The van der Waals surface area contributed by atoms with Gasteiger partial charge in [0.1, 0.15) is 5.82 Å². The number of aromatic amines is 1. The summed E-state index contributed by atoms with van der Waals surface area (Å²) in [5, 5.41) is 3.86. The fraction of sp³-hybridized carbons (Fsp3) is 0.333. The molecule has 6 nitrogen and oxygen atoms in total. The van der Waals surface area contributed by atoms with E-state index in [1.54, 1.807) is 12.4 Å². The van der Waals surface area contributed by atoms with E-state index in [0.29, 0.717) is 28.5 Å². The number of hydrogen-bond donors (Lipinski definition) is 2. The van der Waals surface area contributed by atoms with Crippen LogP contribution in [-0.4, -0.2) is 26.5 Å². The first-order valence-corrected chi connectivity index (χ1v) is 9.37. The summed E-state index contributed by atoms with van der Waals surface area (Å²) in [6.07, 6.45) is 5.52. The van der Waals surface area contributed by atoms with E-state index in [1.165, 1.54) is 11.8 Å². The van der Waals surface area contributed by atoms with Crippen LogP contribution < -0.4 is 10.9 Å². The summed E-state index contributed by atoms with van der Waals surface area (Å²) in [7, 11) is 0. The van der Waals surface area contributed by atoms with E-state index < -0.39 is 0 Å².